The zero-order chi connectivity index (χ0) is 18.4. The summed E-state index contributed by atoms with van der Waals surface area (Å²) in [6, 6.07) is 6.43. The van der Waals surface area contributed by atoms with Crippen molar-refractivity contribution >= 4 is 44.7 Å². The average Bonchev–Trinajstić information content (AvgIpc) is 2.96. The number of halogens is 1. The Balaban J connectivity index is 2.09. The Morgan fingerprint density at radius 1 is 1.32 bits per heavy atom. The highest BCUT2D eigenvalue weighted by Crippen LogP contribution is 2.28. The fraction of sp³-hybridized carbons (Fsp3) is 0.312. The Morgan fingerprint density at radius 3 is 2.80 bits per heavy atom. The van der Waals surface area contributed by atoms with E-state index in [1.807, 2.05) is 0 Å². The van der Waals surface area contributed by atoms with Crippen LogP contribution in [-0.2, 0) is 21.2 Å². The first-order chi connectivity index (χ1) is 11.8. The van der Waals surface area contributed by atoms with Gasteiger partial charge in [0.2, 0.25) is 0 Å². The predicted octanol–water partition coefficient (Wildman–Crippen LogP) is 3.80. The lowest BCUT2D eigenvalue weighted by atomic mass is 10.2. The molecule has 9 heteroatoms. The summed E-state index contributed by atoms with van der Waals surface area (Å²) in [5.41, 5.74) is 0.969. The maximum absolute atomic E-state index is 12.6. The van der Waals surface area contributed by atoms with Gasteiger partial charge in [-0.3, -0.25) is 4.72 Å². The van der Waals surface area contributed by atoms with Gasteiger partial charge in [-0.1, -0.05) is 17.7 Å². The fourth-order valence-corrected chi connectivity index (χ4v) is 4.61. The number of benzene rings is 1. The highest BCUT2D eigenvalue weighted by molar-refractivity contribution is 7.92. The van der Waals surface area contributed by atoms with Crippen LogP contribution in [0.3, 0.4) is 0 Å². The van der Waals surface area contributed by atoms with Crippen LogP contribution in [0.25, 0.3) is 0 Å². The minimum absolute atomic E-state index is 0.135. The normalized spacial score (nSPS) is 11.2. The Kier molecular flexibility index (Phi) is 6.69. The lowest BCUT2D eigenvalue weighted by Crippen LogP contribution is -2.24. The second-order valence-corrected chi connectivity index (χ2v) is 8.20. The first kappa shape index (κ1) is 19.6. The van der Waals surface area contributed by atoms with Crippen molar-refractivity contribution in [1.29, 1.82) is 0 Å². The van der Waals surface area contributed by atoms with Gasteiger partial charge in [0.05, 0.1) is 17.2 Å². The maximum Gasteiger partial charge on any atom is 0.407 e. The monoisotopic (exact) mass is 402 g/mol. The number of anilines is 1. The quantitative estimate of drug-likeness (QED) is 0.737. The average molecular weight is 403 g/mol. The molecule has 0 saturated heterocycles. The summed E-state index contributed by atoms with van der Waals surface area (Å²) >= 11 is 7.41. The van der Waals surface area contributed by atoms with Crippen LogP contribution in [-0.4, -0.2) is 27.7 Å². The Bertz CT molecular complexity index is 850. The van der Waals surface area contributed by atoms with E-state index in [4.69, 9.17) is 16.3 Å². The van der Waals surface area contributed by atoms with Crippen LogP contribution in [0.4, 0.5) is 10.5 Å². The van der Waals surface area contributed by atoms with Crippen LogP contribution in [0.1, 0.15) is 17.4 Å². The van der Waals surface area contributed by atoms with Crippen molar-refractivity contribution in [2.75, 3.05) is 17.9 Å². The summed E-state index contributed by atoms with van der Waals surface area (Å²) < 4.78 is 32.9. The number of thiophene rings is 1. The molecule has 2 rings (SSSR count). The van der Waals surface area contributed by atoms with Crippen LogP contribution in [0.15, 0.2) is 34.5 Å². The van der Waals surface area contributed by atoms with E-state index >= 15 is 0 Å². The van der Waals surface area contributed by atoms with Crippen molar-refractivity contribution in [3.63, 3.8) is 0 Å². The Morgan fingerprint density at radius 2 is 2.08 bits per heavy atom. The summed E-state index contributed by atoms with van der Waals surface area (Å²) in [4.78, 5) is 12.2. The minimum atomic E-state index is -3.76. The lowest BCUT2D eigenvalue weighted by Gasteiger charge is -2.12. The highest BCUT2D eigenvalue weighted by atomic mass is 35.5. The molecular weight excluding hydrogens is 384 g/mol. The van der Waals surface area contributed by atoms with Gasteiger partial charge in [0.25, 0.3) is 10.0 Å². The smallest absolute Gasteiger partial charge is 0.407 e. The third-order valence-corrected chi connectivity index (χ3v) is 6.28. The number of carbonyl (C=O) groups excluding carboxylic acids is 1. The van der Waals surface area contributed by atoms with Crippen LogP contribution in [0.5, 0.6) is 0 Å². The number of hydrogen-bond acceptors (Lipinski definition) is 5. The molecule has 25 heavy (non-hydrogen) atoms. The summed E-state index contributed by atoms with van der Waals surface area (Å²) in [6.45, 7) is 4.11. The second kappa shape index (κ2) is 8.55. The van der Waals surface area contributed by atoms with Gasteiger partial charge in [0, 0.05) is 22.9 Å². The van der Waals surface area contributed by atoms with Crippen LogP contribution in [0, 0.1) is 6.92 Å². The molecule has 0 unspecified atom stereocenters. The molecule has 136 valence electrons. The number of rotatable bonds is 7. The number of hydrogen-bond donors (Lipinski definition) is 2. The van der Waals surface area contributed by atoms with E-state index in [2.05, 4.69) is 10.0 Å². The summed E-state index contributed by atoms with van der Waals surface area (Å²) in [5.74, 6) is 0. The van der Waals surface area contributed by atoms with Crippen LogP contribution >= 0.6 is 22.9 Å². The Labute approximate surface area is 156 Å². The van der Waals surface area contributed by atoms with Crippen molar-refractivity contribution in [3.05, 3.63) is 45.1 Å². The zero-order valence-corrected chi connectivity index (χ0v) is 16.2. The van der Waals surface area contributed by atoms with Gasteiger partial charge < -0.3 is 10.1 Å². The van der Waals surface area contributed by atoms with E-state index in [0.717, 1.165) is 4.88 Å². The lowest BCUT2D eigenvalue weighted by molar-refractivity contribution is 0.148. The third-order valence-electron chi connectivity index (χ3n) is 3.38. The van der Waals surface area contributed by atoms with Gasteiger partial charge in [0.15, 0.2) is 0 Å². The molecule has 0 radical (unpaired) electrons. The predicted molar refractivity (Wildman–Crippen MR) is 100 cm³/mol. The van der Waals surface area contributed by atoms with Gasteiger partial charge in [-0.25, -0.2) is 13.2 Å². The van der Waals surface area contributed by atoms with E-state index in [0.29, 0.717) is 29.2 Å². The largest absolute Gasteiger partial charge is 0.449 e. The topological polar surface area (TPSA) is 84.5 Å². The van der Waals surface area contributed by atoms with Gasteiger partial charge in [-0.05, 0) is 43.0 Å². The Hall–Kier alpha value is -1.77. The first-order valence-corrected chi connectivity index (χ1v) is 10.3. The molecule has 0 bridgehead atoms. The molecule has 1 aromatic carbocycles. The molecule has 0 atom stereocenters. The van der Waals surface area contributed by atoms with Gasteiger partial charge in [-0.2, -0.15) is 0 Å². The third kappa shape index (κ3) is 5.10. The summed E-state index contributed by atoms with van der Waals surface area (Å²) in [6.07, 6.45) is -0.0722. The van der Waals surface area contributed by atoms with Crippen LogP contribution < -0.4 is 10.0 Å². The fourth-order valence-electron chi connectivity index (χ4n) is 2.14. The number of sulfonamides is 1. The van der Waals surface area contributed by atoms with Crippen LogP contribution in [0.2, 0.25) is 5.02 Å². The number of nitrogens with one attached hydrogen (secondary N) is 2. The summed E-state index contributed by atoms with van der Waals surface area (Å²) in [5, 5.41) is 4.70. The molecule has 0 aliphatic heterocycles. The van der Waals surface area contributed by atoms with E-state index < -0.39 is 16.1 Å². The van der Waals surface area contributed by atoms with Gasteiger partial charge in [0.1, 0.15) is 0 Å². The number of ether oxygens (including phenoxy) is 1. The number of amides is 1. The summed E-state index contributed by atoms with van der Waals surface area (Å²) in [7, 11) is -3.76. The molecule has 2 aromatic rings. The van der Waals surface area contributed by atoms with E-state index in [-0.39, 0.29) is 11.5 Å². The van der Waals surface area contributed by atoms with Gasteiger partial charge in [-0.15, -0.1) is 11.3 Å². The molecule has 2 N–H and O–H groups in total. The molecule has 6 nitrogen and oxygen atoms in total. The molecule has 1 aromatic heterocycles. The van der Waals surface area contributed by atoms with E-state index in [9.17, 15) is 13.2 Å². The molecule has 0 aliphatic rings. The molecule has 0 spiro atoms. The molecule has 1 heterocycles. The van der Waals surface area contributed by atoms with Crippen molar-refractivity contribution in [2.45, 2.75) is 25.2 Å². The van der Waals surface area contributed by atoms with Gasteiger partial charge >= 0.3 is 6.09 Å². The van der Waals surface area contributed by atoms with E-state index in [1.165, 1.54) is 17.4 Å². The first-order valence-electron chi connectivity index (χ1n) is 7.60. The number of carbonyl (C=O) groups is 1. The standard InChI is InChI=1S/C16H19ClN2O4S2/c1-3-18-16(20)23-9-7-14-13(8-10-24-14)19-25(21,22)15-6-4-5-12(17)11(15)2/h4-6,8,10,19H,3,7,9H2,1-2H3,(H,18,20). The minimum Gasteiger partial charge on any atom is -0.449 e. The van der Waals surface area contributed by atoms with E-state index in [1.54, 1.807) is 37.4 Å². The van der Waals surface area contributed by atoms with Crippen molar-refractivity contribution in [3.8, 4) is 0 Å². The molecule has 0 fully saturated rings. The maximum atomic E-state index is 12.6. The molecular formula is C16H19ClN2O4S2. The highest BCUT2D eigenvalue weighted by Gasteiger charge is 2.20. The molecule has 1 amide bonds. The SMILES string of the molecule is CCNC(=O)OCCc1sccc1NS(=O)(=O)c1cccc(Cl)c1C. The number of alkyl carbamates (subject to hydrolysis) is 1. The second-order valence-electron chi connectivity index (χ2n) is 5.14. The van der Waals surface area contributed by atoms with Crippen molar-refractivity contribution < 1.29 is 17.9 Å². The van der Waals surface area contributed by atoms with Crippen molar-refractivity contribution in [1.82, 2.24) is 5.32 Å². The van der Waals surface area contributed by atoms with Crippen molar-refractivity contribution in [2.24, 2.45) is 0 Å². The molecule has 0 saturated carbocycles. The molecule has 0 aliphatic carbocycles. The zero-order valence-electron chi connectivity index (χ0n) is 13.8.